The van der Waals surface area contributed by atoms with Gasteiger partial charge in [-0.2, -0.15) is 5.10 Å². The van der Waals surface area contributed by atoms with Gasteiger partial charge in [0.05, 0.1) is 0 Å². The number of aromatic nitrogens is 2. The Bertz CT molecular complexity index is 706. The highest BCUT2D eigenvalue weighted by Gasteiger charge is 2.45. The van der Waals surface area contributed by atoms with Crippen LogP contribution in [0.5, 0.6) is 0 Å². The number of carbonyl (C=O) groups excluding carboxylic acids is 1. The fourth-order valence-electron chi connectivity index (χ4n) is 2.16. The zero-order chi connectivity index (χ0) is 15.2. The van der Waals surface area contributed by atoms with Gasteiger partial charge in [0, 0.05) is 17.8 Å². The van der Waals surface area contributed by atoms with E-state index in [9.17, 15) is 13.6 Å². The molecule has 1 heterocycles. The maximum atomic E-state index is 14.4. The third-order valence-corrected chi connectivity index (χ3v) is 3.89. The summed E-state index contributed by atoms with van der Waals surface area (Å²) in [5.41, 5.74) is -0.580. The Morgan fingerprint density at radius 3 is 2.71 bits per heavy atom. The molecule has 21 heavy (non-hydrogen) atoms. The van der Waals surface area contributed by atoms with Crippen LogP contribution in [0.2, 0.25) is 0 Å². The summed E-state index contributed by atoms with van der Waals surface area (Å²) >= 11 is 0. The van der Waals surface area contributed by atoms with Gasteiger partial charge in [-0.15, -0.1) is 0 Å². The molecule has 0 unspecified atom stereocenters. The van der Waals surface area contributed by atoms with Gasteiger partial charge in [0.25, 0.3) is 0 Å². The van der Waals surface area contributed by atoms with Gasteiger partial charge >= 0.3 is 0 Å². The van der Waals surface area contributed by atoms with Crippen molar-refractivity contribution in [3.8, 4) is 5.69 Å². The van der Waals surface area contributed by atoms with E-state index < -0.39 is 17.0 Å². The second-order valence-corrected chi connectivity index (χ2v) is 5.68. The molecule has 1 aliphatic carbocycles. The van der Waals surface area contributed by atoms with Crippen LogP contribution in [-0.4, -0.2) is 15.7 Å². The van der Waals surface area contributed by atoms with Crippen LogP contribution in [-0.2, 0) is 4.79 Å². The first kappa shape index (κ1) is 13.7. The van der Waals surface area contributed by atoms with Crippen molar-refractivity contribution in [1.29, 1.82) is 0 Å². The SMILES string of the molecule is Cc1cc(F)c(-n2cccn2)c(NC(=O)C2(C)CC2)c1F. The summed E-state index contributed by atoms with van der Waals surface area (Å²) < 4.78 is 29.8. The third kappa shape index (κ3) is 2.30. The fraction of sp³-hybridized carbons (Fsp3) is 0.333. The van der Waals surface area contributed by atoms with Gasteiger partial charge in [-0.3, -0.25) is 4.79 Å². The summed E-state index contributed by atoms with van der Waals surface area (Å²) in [4.78, 5) is 12.2. The molecule has 4 nitrogen and oxygen atoms in total. The van der Waals surface area contributed by atoms with Gasteiger partial charge in [0.2, 0.25) is 5.91 Å². The van der Waals surface area contributed by atoms with Crippen molar-refractivity contribution >= 4 is 11.6 Å². The smallest absolute Gasteiger partial charge is 0.230 e. The van der Waals surface area contributed by atoms with Gasteiger partial charge in [0.15, 0.2) is 11.6 Å². The first-order valence-electron chi connectivity index (χ1n) is 6.72. The van der Waals surface area contributed by atoms with Crippen LogP contribution < -0.4 is 5.32 Å². The highest BCUT2D eigenvalue weighted by atomic mass is 19.1. The Morgan fingerprint density at radius 1 is 1.43 bits per heavy atom. The van der Waals surface area contributed by atoms with E-state index in [4.69, 9.17) is 0 Å². The molecule has 0 atom stereocenters. The summed E-state index contributed by atoms with van der Waals surface area (Å²) in [7, 11) is 0. The monoisotopic (exact) mass is 291 g/mol. The van der Waals surface area contributed by atoms with Crippen LogP contribution in [0.15, 0.2) is 24.5 Å². The fourth-order valence-corrected chi connectivity index (χ4v) is 2.16. The van der Waals surface area contributed by atoms with Crippen molar-refractivity contribution in [2.75, 3.05) is 5.32 Å². The molecule has 0 saturated heterocycles. The van der Waals surface area contributed by atoms with E-state index >= 15 is 0 Å². The summed E-state index contributed by atoms with van der Waals surface area (Å²) in [5, 5.41) is 6.46. The van der Waals surface area contributed by atoms with E-state index in [1.807, 2.05) is 0 Å². The Morgan fingerprint density at radius 2 is 2.14 bits per heavy atom. The van der Waals surface area contributed by atoms with Crippen molar-refractivity contribution in [2.24, 2.45) is 5.41 Å². The Labute approximate surface area is 120 Å². The largest absolute Gasteiger partial charge is 0.321 e. The zero-order valence-electron chi connectivity index (χ0n) is 11.8. The van der Waals surface area contributed by atoms with Crippen molar-refractivity contribution in [3.05, 3.63) is 41.7 Å². The summed E-state index contributed by atoms with van der Waals surface area (Å²) in [5.74, 6) is -1.56. The molecule has 110 valence electrons. The van der Waals surface area contributed by atoms with Crippen LogP contribution in [0.25, 0.3) is 5.69 Å². The summed E-state index contributed by atoms with van der Waals surface area (Å²) in [6.07, 6.45) is 4.48. The Kier molecular flexibility index (Phi) is 3.04. The first-order chi connectivity index (χ1) is 9.92. The predicted octanol–water partition coefficient (Wildman–Crippen LogP) is 3.20. The number of anilines is 1. The number of carbonyl (C=O) groups is 1. The van der Waals surface area contributed by atoms with Crippen molar-refractivity contribution in [3.63, 3.8) is 0 Å². The molecule has 1 aromatic heterocycles. The molecule has 1 fully saturated rings. The standard InChI is InChI=1S/C15H15F2N3O/c1-9-8-10(16)13(20-7-3-6-18-20)12(11(9)17)19-14(21)15(2)4-5-15/h3,6-8H,4-5H2,1-2H3,(H,19,21). The Balaban J connectivity index is 2.10. The highest BCUT2D eigenvalue weighted by Crippen LogP contribution is 2.46. The summed E-state index contributed by atoms with van der Waals surface area (Å²) in [6, 6.07) is 2.70. The minimum atomic E-state index is -0.639. The molecule has 1 N–H and O–H groups in total. The third-order valence-electron chi connectivity index (χ3n) is 3.89. The number of nitrogens with one attached hydrogen (secondary N) is 1. The maximum absolute atomic E-state index is 14.4. The van der Waals surface area contributed by atoms with Gasteiger partial charge in [-0.25, -0.2) is 13.5 Å². The lowest BCUT2D eigenvalue weighted by molar-refractivity contribution is -0.120. The Hall–Kier alpha value is -2.24. The molecule has 2 aromatic rings. The van der Waals surface area contributed by atoms with Gasteiger partial charge in [-0.1, -0.05) is 6.92 Å². The van der Waals surface area contributed by atoms with Crippen LogP contribution in [0.1, 0.15) is 25.3 Å². The quantitative estimate of drug-likeness (QED) is 0.944. The number of rotatable bonds is 3. The van der Waals surface area contributed by atoms with Crippen molar-refractivity contribution in [2.45, 2.75) is 26.7 Å². The van der Waals surface area contributed by atoms with E-state index in [0.29, 0.717) is 0 Å². The number of halogens is 2. The maximum Gasteiger partial charge on any atom is 0.230 e. The average molecular weight is 291 g/mol. The van der Waals surface area contributed by atoms with Crippen LogP contribution in [0.3, 0.4) is 0 Å². The highest BCUT2D eigenvalue weighted by molar-refractivity contribution is 5.98. The number of nitrogens with zero attached hydrogens (tertiary/aromatic N) is 2. The molecular formula is C15H15F2N3O. The topological polar surface area (TPSA) is 46.9 Å². The normalized spacial score (nSPS) is 15.8. The van der Waals surface area contributed by atoms with Gasteiger partial charge in [-0.05, 0) is 37.5 Å². The second-order valence-electron chi connectivity index (χ2n) is 5.68. The van der Waals surface area contributed by atoms with Crippen LogP contribution in [0.4, 0.5) is 14.5 Å². The molecule has 0 spiro atoms. The molecule has 0 aliphatic heterocycles. The van der Waals surface area contributed by atoms with E-state index in [1.54, 1.807) is 13.0 Å². The van der Waals surface area contributed by atoms with Crippen molar-refractivity contribution < 1.29 is 13.6 Å². The minimum absolute atomic E-state index is 0.0827. The first-order valence-corrected chi connectivity index (χ1v) is 6.72. The summed E-state index contributed by atoms with van der Waals surface area (Å²) in [6.45, 7) is 3.26. The molecule has 1 aliphatic rings. The lowest BCUT2D eigenvalue weighted by Crippen LogP contribution is -2.23. The van der Waals surface area contributed by atoms with Crippen molar-refractivity contribution in [1.82, 2.24) is 9.78 Å². The van der Waals surface area contributed by atoms with Gasteiger partial charge < -0.3 is 5.32 Å². The molecule has 1 aromatic carbocycles. The van der Waals surface area contributed by atoms with E-state index in [-0.39, 0.29) is 22.8 Å². The molecule has 6 heteroatoms. The minimum Gasteiger partial charge on any atom is -0.321 e. The lowest BCUT2D eigenvalue weighted by Gasteiger charge is -2.16. The molecule has 0 bridgehead atoms. The van der Waals surface area contributed by atoms with E-state index in [1.165, 1.54) is 24.0 Å². The number of amides is 1. The van der Waals surface area contributed by atoms with Crippen LogP contribution >= 0.6 is 0 Å². The number of aryl methyl sites for hydroxylation is 1. The van der Waals surface area contributed by atoms with Crippen LogP contribution in [0, 0.1) is 24.0 Å². The molecule has 1 amide bonds. The predicted molar refractivity (Wildman–Crippen MR) is 74.2 cm³/mol. The average Bonchev–Trinajstić information content (AvgIpc) is 2.98. The lowest BCUT2D eigenvalue weighted by atomic mass is 10.1. The zero-order valence-corrected chi connectivity index (χ0v) is 11.8. The molecule has 0 radical (unpaired) electrons. The molecular weight excluding hydrogens is 276 g/mol. The molecule has 3 rings (SSSR count). The van der Waals surface area contributed by atoms with E-state index in [2.05, 4.69) is 10.4 Å². The number of benzene rings is 1. The van der Waals surface area contributed by atoms with Gasteiger partial charge in [0.1, 0.15) is 11.4 Å². The molecule has 1 saturated carbocycles. The second kappa shape index (κ2) is 4.65. The number of hydrogen-bond acceptors (Lipinski definition) is 2. The number of hydrogen-bond donors (Lipinski definition) is 1. The van der Waals surface area contributed by atoms with E-state index in [0.717, 1.165) is 18.9 Å².